The van der Waals surface area contributed by atoms with Crippen LogP contribution in [0.3, 0.4) is 0 Å². The molecule has 0 saturated heterocycles. The summed E-state index contributed by atoms with van der Waals surface area (Å²) in [5, 5.41) is 0.463. The van der Waals surface area contributed by atoms with Crippen LogP contribution in [0.25, 0.3) is 10.2 Å². The first-order valence-corrected chi connectivity index (χ1v) is 12.0. The molecule has 9 heteroatoms. The van der Waals surface area contributed by atoms with E-state index in [0.717, 1.165) is 4.70 Å². The zero-order valence-electron chi connectivity index (χ0n) is 16.9. The number of carbonyl (C=O) groups is 1. The van der Waals surface area contributed by atoms with Crippen LogP contribution in [0.4, 0.5) is 5.13 Å². The molecule has 0 N–H and O–H groups in total. The van der Waals surface area contributed by atoms with Gasteiger partial charge >= 0.3 is 0 Å². The molecule has 0 atom stereocenters. The fraction of sp³-hybridized carbons (Fsp3) is 0.182. The molecule has 160 valence electrons. The van der Waals surface area contributed by atoms with Crippen LogP contribution in [0.5, 0.6) is 5.75 Å². The van der Waals surface area contributed by atoms with Crippen molar-refractivity contribution < 1.29 is 22.4 Å². The lowest BCUT2D eigenvalue weighted by Gasteiger charge is -2.19. The molecule has 2 aromatic heterocycles. The Hall–Kier alpha value is -3.17. The summed E-state index contributed by atoms with van der Waals surface area (Å²) in [5.41, 5.74) is 0.914. The maximum absolute atomic E-state index is 13.5. The third kappa shape index (κ3) is 4.19. The molecule has 0 saturated carbocycles. The molecular formula is C22H20N2O5S2. The van der Waals surface area contributed by atoms with Crippen molar-refractivity contribution in [1.29, 1.82) is 0 Å². The van der Waals surface area contributed by atoms with Crippen LogP contribution in [0.2, 0.25) is 0 Å². The molecule has 1 amide bonds. The first kappa shape index (κ1) is 21.1. The quantitative estimate of drug-likeness (QED) is 0.406. The number of sulfone groups is 1. The van der Waals surface area contributed by atoms with Gasteiger partial charge in [-0.15, -0.1) is 0 Å². The van der Waals surface area contributed by atoms with Crippen LogP contribution < -0.4 is 9.64 Å². The first-order valence-electron chi connectivity index (χ1n) is 9.53. The molecule has 7 nitrogen and oxygen atoms in total. The van der Waals surface area contributed by atoms with Crippen molar-refractivity contribution in [3.63, 3.8) is 0 Å². The van der Waals surface area contributed by atoms with E-state index in [1.807, 2.05) is 18.2 Å². The molecule has 0 aliphatic rings. The van der Waals surface area contributed by atoms with E-state index < -0.39 is 9.84 Å². The number of nitrogens with zero attached hydrogens (tertiary/aromatic N) is 2. The van der Waals surface area contributed by atoms with Crippen molar-refractivity contribution in [1.82, 2.24) is 4.98 Å². The van der Waals surface area contributed by atoms with Gasteiger partial charge in [0.05, 0.1) is 35.3 Å². The molecule has 0 aliphatic heterocycles. The van der Waals surface area contributed by atoms with Gasteiger partial charge in [-0.25, -0.2) is 13.4 Å². The van der Waals surface area contributed by atoms with Gasteiger partial charge in [0.2, 0.25) is 0 Å². The van der Waals surface area contributed by atoms with E-state index in [0.29, 0.717) is 22.2 Å². The fourth-order valence-electron chi connectivity index (χ4n) is 3.12. The van der Waals surface area contributed by atoms with E-state index in [2.05, 4.69) is 4.98 Å². The molecule has 0 spiro atoms. The Morgan fingerprint density at radius 1 is 1.16 bits per heavy atom. The molecule has 0 bridgehead atoms. The number of benzene rings is 2. The van der Waals surface area contributed by atoms with Crippen LogP contribution in [-0.2, 0) is 16.4 Å². The van der Waals surface area contributed by atoms with Crippen molar-refractivity contribution in [2.24, 2.45) is 0 Å². The van der Waals surface area contributed by atoms with Crippen LogP contribution in [0, 0.1) is 0 Å². The second kappa shape index (κ2) is 8.52. The van der Waals surface area contributed by atoms with E-state index in [1.54, 1.807) is 38.3 Å². The predicted octanol–water partition coefficient (Wildman–Crippen LogP) is 4.54. The SMILES string of the molecule is CCS(=O)(=O)c1cccc(C(=O)N(Cc2ccco2)c2nc3c(OC)cccc3s2)c1. The lowest BCUT2D eigenvalue weighted by molar-refractivity contribution is 0.0983. The highest BCUT2D eigenvalue weighted by Crippen LogP contribution is 2.35. The Kier molecular flexibility index (Phi) is 5.79. The monoisotopic (exact) mass is 456 g/mol. The van der Waals surface area contributed by atoms with E-state index in [4.69, 9.17) is 9.15 Å². The summed E-state index contributed by atoms with van der Waals surface area (Å²) >= 11 is 1.35. The van der Waals surface area contributed by atoms with Crippen LogP contribution in [-0.4, -0.2) is 32.2 Å². The number of thiazole rings is 1. The Bertz CT molecular complexity index is 1330. The van der Waals surface area contributed by atoms with Crippen LogP contribution in [0.1, 0.15) is 23.0 Å². The summed E-state index contributed by atoms with van der Waals surface area (Å²) in [6.45, 7) is 1.72. The number of hydrogen-bond donors (Lipinski definition) is 0. The van der Waals surface area contributed by atoms with Gasteiger partial charge in [-0.05, 0) is 42.5 Å². The number of anilines is 1. The molecule has 0 unspecified atom stereocenters. The number of hydrogen-bond acceptors (Lipinski definition) is 7. The van der Waals surface area contributed by atoms with Crippen LogP contribution in [0.15, 0.2) is 70.2 Å². The largest absolute Gasteiger partial charge is 0.494 e. The van der Waals surface area contributed by atoms with Crippen LogP contribution >= 0.6 is 11.3 Å². The summed E-state index contributed by atoms with van der Waals surface area (Å²) in [4.78, 5) is 19.7. The van der Waals surface area contributed by atoms with Crippen molar-refractivity contribution in [3.05, 3.63) is 72.2 Å². The molecule has 0 aliphatic carbocycles. The van der Waals surface area contributed by atoms with E-state index >= 15 is 0 Å². The van der Waals surface area contributed by atoms with Crippen molar-refractivity contribution in [2.75, 3.05) is 17.8 Å². The highest BCUT2D eigenvalue weighted by molar-refractivity contribution is 7.91. The number of rotatable bonds is 7. The van der Waals surface area contributed by atoms with E-state index in [-0.39, 0.29) is 28.7 Å². The van der Waals surface area contributed by atoms with E-state index in [9.17, 15) is 13.2 Å². The number of ether oxygens (including phenoxy) is 1. The standard InChI is InChI=1S/C22H20N2O5S2/c1-3-31(26,27)17-9-4-7-15(13-17)21(25)24(14-16-8-6-12-29-16)22-23-20-18(28-2)10-5-11-19(20)30-22/h4-13H,3,14H2,1-2H3. The Morgan fingerprint density at radius 3 is 2.68 bits per heavy atom. The minimum atomic E-state index is -3.44. The highest BCUT2D eigenvalue weighted by Gasteiger charge is 2.25. The van der Waals surface area contributed by atoms with Gasteiger partial charge in [0.25, 0.3) is 5.91 Å². The molecular weight excluding hydrogens is 436 g/mol. The number of amides is 1. The summed E-state index contributed by atoms with van der Waals surface area (Å²) in [7, 11) is -1.87. The summed E-state index contributed by atoms with van der Waals surface area (Å²) in [6, 6.07) is 15.2. The predicted molar refractivity (Wildman–Crippen MR) is 120 cm³/mol. The van der Waals surface area contributed by atoms with Gasteiger partial charge in [0.1, 0.15) is 17.0 Å². The number of para-hydroxylation sites is 1. The second-order valence-electron chi connectivity index (χ2n) is 6.71. The topological polar surface area (TPSA) is 89.7 Å². The first-order chi connectivity index (χ1) is 14.9. The zero-order chi connectivity index (χ0) is 22.0. The molecule has 4 aromatic rings. The third-order valence-corrected chi connectivity index (χ3v) is 7.56. The lowest BCUT2D eigenvalue weighted by atomic mass is 10.2. The number of aromatic nitrogens is 1. The molecule has 31 heavy (non-hydrogen) atoms. The molecule has 2 aromatic carbocycles. The third-order valence-electron chi connectivity index (χ3n) is 4.78. The fourth-order valence-corrected chi connectivity index (χ4v) is 5.03. The minimum Gasteiger partial charge on any atom is -0.494 e. The number of carbonyl (C=O) groups excluding carboxylic acids is 1. The Labute approximate surface area is 183 Å². The van der Waals surface area contributed by atoms with Crippen molar-refractivity contribution in [3.8, 4) is 5.75 Å². The van der Waals surface area contributed by atoms with Gasteiger partial charge in [0.15, 0.2) is 15.0 Å². The van der Waals surface area contributed by atoms with Gasteiger partial charge in [-0.1, -0.05) is 30.4 Å². The summed E-state index contributed by atoms with van der Waals surface area (Å²) in [6.07, 6.45) is 1.54. The lowest BCUT2D eigenvalue weighted by Crippen LogP contribution is -2.30. The molecule has 0 radical (unpaired) electrons. The van der Waals surface area contributed by atoms with Gasteiger partial charge < -0.3 is 9.15 Å². The van der Waals surface area contributed by atoms with E-state index in [1.165, 1.54) is 34.6 Å². The average Bonchev–Trinajstić information content (AvgIpc) is 3.46. The smallest absolute Gasteiger partial charge is 0.260 e. The number of fused-ring (bicyclic) bond motifs is 1. The van der Waals surface area contributed by atoms with Crippen molar-refractivity contribution in [2.45, 2.75) is 18.4 Å². The second-order valence-corrected chi connectivity index (χ2v) is 9.99. The maximum atomic E-state index is 13.5. The van der Waals surface area contributed by atoms with Gasteiger partial charge in [0, 0.05) is 5.56 Å². The number of methoxy groups -OCH3 is 1. The Balaban J connectivity index is 1.79. The summed E-state index contributed by atoms with van der Waals surface area (Å²) < 4.78 is 36.3. The normalized spacial score (nSPS) is 11.5. The van der Waals surface area contributed by atoms with Crippen molar-refractivity contribution >= 4 is 42.4 Å². The highest BCUT2D eigenvalue weighted by atomic mass is 32.2. The molecule has 2 heterocycles. The molecule has 4 rings (SSSR count). The number of furan rings is 1. The Morgan fingerprint density at radius 2 is 1.97 bits per heavy atom. The maximum Gasteiger partial charge on any atom is 0.260 e. The van der Waals surface area contributed by atoms with Gasteiger partial charge in [-0.3, -0.25) is 9.69 Å². The summed E-state index contributed by atoms with van der Waals surface area (Å²) in [5.74, 6) is 0.777. The zero-order valence-corrected chi connectivity index (χ0v) is 18.6. The average molecular weight is 457 g/mol. The van der Waals surface area contributed by atoms with Gasteiger partial charge in [-0.2, -0.15) is 0 Å². The minimum absolute atomic E-state index is 0.0432. The molecule has 0 fully saturated rings.